The Morgan fingerprint density at radius 2 is 1.88 bits per heavy atom. The van der Waals surface area contributed by atoms with Gasteiger partial charge in [-0.2, -0.15) is 0 Å². The van der Waals surface area contributed by atoms with Crippen LogP contribution in [0.25, 0.3) is 0 Å². The molecule has 0 aliphatic heterocycles. The number of methoxy groups -OCH3 is 2. The Balaban J connectivity index is 2.26. The zero-order chi connectivity index (χ0) is 12.5. The first kappa shape index (κ1) is 14.1. The van der Waals surface area contributed by atoms with Crippen molar-refractivity contribution in [2.24, 2.45) is 5.73 Å². The molecule has 96 valence electrons. The molecule has 0 saturated carbocycles. The molecular formula is C13H22N2O2. The third-order valence-electron chi connectivity index (χ3n) is 2.65. The van der Waals surface area contributed by atoms with Gasteiger partial charge in [-0.3, -0.25) is 0 Å². The number of hydrogen-bond donors (Lipinski definition) is 2. The summed E-state index contributed by atoms with van der Waals surface area (Å²) in [6, 6.07) is 10.1. The number of benzene rings is 1. The summed E-state index contributed by atoms with van der Waals surface area (Å²) in [6.45, 7) is 2.06. The van der Waals surface area contributed by atoms with E-state index in [1.807, 2.05) is 30.3 Å². The summed E-state index contributed by atoms with van der Waals surface area (Å²) in [5, 5.41) is 3.29. The van der Waals surface area contributed by atoms with Crippen LogP contribution in [0, 0.1) is 0 Å². The van der Waals surface area contributed by atoms with E-state index in [0.29, 0.717) is 6.61 Å². The molecule has 1 rings (SSSR count). The summed E-state index contributed by atoms with van der Waals surface area (Å²) in [4.78, 5) is 0. The first-order chi connectivity index (χ1) is 8.27. The van der Waals surface area contributed by atoms with Gasteiger partial charge in [0.15, 0.2) is 0 Å². The highest BCUT2D eigenvalue weighted by Crippen LogP contribution is 2.07. The molecule has 4 heteroatoms. The Morgan fingerprint density at radius 1 is 1.18 bits per heavy atom. The SMILES string of the molecule is COCC(CNCC(N)c1ccccc1)OC. The van der Waals surface area contributed by atoms with Gasteiger partial charge in [0.1, 0.15) is 0 Å². The number of rotatable bonds is 8. The van der Waals surface area contributed by atoms with Crippen LogP contribution in [-0.4, -0.2) is 40.0 Å². The van der Waals surface area contributed by atoms with Crippen molar-refractivity contribution in [3.63, 3.8) is 0 Å². The Kier molecular flexibility index (Phi) is 6.81. The van der Waals surface area contributed by atoms with Gasteiger partial charge in [0.2, 0.25) is 0 Å². The summed E-state index contributed by atoms with van der Waals surface area (Å²) in [5.41, 5.74) is 7.20. The second-order valence-corrected chi connectivity index (χ2v) is 3.99. The average molecular weight is 238 g/mol. The second kappa shape index (κ2) is 8.20. The van der Waals surface area contributed by atoms with Gasteiger partial charge in [-0.1, -0.05) is 30.3 Å². The molecule has 0 radical (unpaired) electrons. The predicted molar refractivity (Wildman–Crippen MR) is 68.9 cm³/mol. The van der Waals surface area contributed by atoms with Gasteiger partial charge in [0, 0.05) is 33.4 Å². The maximum Gasteiger partial charge on any atom is 0.0928 e. The van der Waals surface area contributed by atoms with E-state index < -0.39 is 0 Å². The fourth-order valence-corrected chi connectivity index (χ4v) is 1.61. The van der Waals surface area contributed by atoms with Crippen LogP contribution in [0.5, 0.6) is 0 Å². The smallest absolute Gasteiger partial charge is 0.0928 e. The minimum Gasteiger partial charge on any atom is -0.382 e. The van der Waals surface area contributed by atoms with Crippen LogP contribution < -0.4 is 11.1 Å². The van der Waals surface area contributed by atoms with Crippen molar-refractivity contribution in [2.75, 3.05) is 33.9 Å². The Hall–Kier alpha value is -0.940. The fraction of sp³-hybridized carbons (Fsp3) is 0.538. The fourth-order valence-electron chi connectivity index (χ4n) is 1.61. The number of nitrogens with one attached hydrogen (secondary N) is 1. The second-order valence-electron chi connectivity index (χ2n) is 3.99. The molecule has 0 aliphatic carbocycles. The highest BCUT2D eigenvalue weighted by molar-refractivity contribution is 5.18. The molecule has 1 aromatic rings. The standard InChI is InChI=1S/C13H22N2O2/c1-16-10-12(17-2)8-15-9-13(14)11-6-4-3-5-7-11/h3-7,12-13,15H,8-10,14H2,1-2H3. The topological polar surface area (TPSA) is 56.5 Å². The van der Waals surface area contributed by atoms with Gasteiger partial charge < -0.3 is 20.5 Å². The van der Waals surface area contributed by atoms with Crippen LogP contribution in [-0.2, 0) is 9.47 Å². The molecule has 0 aliphatic rings. The van der Waals surface area contributed by atoms with Crippen LogP contribution in [0.3, 0.4) is 0 Å². The van der Waals surface area contributed by atoms with Gasteiger partial charge in [0.05, 0.1) is 12.7 Å². The summed E-state index contributed by atoms with van der Waals surface area (Å²) >= 11 is 0. The monoisotopic (exact) mass is 238 g/mol. The summed E-state index contributed by atoms with van der Waals surface area (Å²) in [6.07, 6.45) is 0.0722. The van der Waals surface area contributed by atoms with Gasteiger partial charge in [-0.15, -0.1) is 0 Å². The maximum atomic E-state index is 6.06. The molecule has 2 unspecified atom stereocenters. The van der Waals surface area contributed by atoms with E-state index >= 15 is 0 Å². The molecule has 0 aromatic heterocycles. The molecule has 17 heavy (non-hydrogen) atoms. The van der Waals surface area contributed by atoms with E-state index in [1.165, 1.54) is 0 Å². The van der Waals surface area contributed by atoms with E-state index in [4.69, 9.17) is 15.2 Å². The number of hydrogen-bond acceptors (Lipinski definition) is 4. The third-order valence-corrected chi connectivity index (χ3v) is 2.65. The quantitative estimate of drug-likeness (QED) is 0.707. The lowest BCUT2D eigenvalue weighted by Crippen LogP contribution is -2.35. The minimum absolute atomic E-state index is 0.0104. The van der Waals surface area contributed by atoms with Gasteiger partial charge in [-0.05, 0) is 5.56 Å². The summed E-state index contributed by atoms with van der Waals surface area (Å²) in [7, 11) is 3.35. The first-order valence-electron chi connectivity index (χ1n) is 5.81. The summed E-state index contributed by atoms with van der Waals surface area (Å²) < 4.78 is 10.3. The van der Waals surface area contributed by atoms with Crippen molar-refractivity contribution in [2.45, 2.75) is 12.1 Å². The third kappa shape index (κ3) is 5.28. The van der Waals surface area contributed by atoms with Gasteiger partial charge in [-0.25, -0.2) is 0 Å². The predicted octanol–water partition coefficient (Wildman–Crippen LogP) is 0.937. The zero-order valence-electron chi connectivity index (χ0n) is 10.6. The minimum atomic E-state index is 0.0104. The molecule has 3 N–H and O–H groups in total. The van der Waals surface area contributed by atoms with Crippen molar-refractivity contribution in [1.29, 1.82) is 0 Å². The summed E-state index contributed by atoms with van der Waals surface area (Å²) in [5.74, 6) is 0. The van der Waals surface area contributed by atoms with Gasteiger partial charge in [0.25, 0.3) is 0 Å². The molecule has 0 amide bonds. The van der Waals surface area contributed by atoms with Crippen molar-refractivity contribution in [3.05, 3.63) is 35.9 Å². The van der Waals surface area contributed by atoms with Crippen molar-refractivity contribution in [1.82, 2.24) is 5.32 Å². The van der Waals surface area contributed by atoms with Crippen LogP contribution in [0.2, 0.25) is 0 Å². The molecule has 0 bridgehead atoms. The molecule has 4 nitrogen and oxygen atoms in total. The van der Waals surface area contributed by atoms with E-state index in [9.17, 15) is 0 Å². The molecule has 0 spiro atoms. The molecule has 0 heterocycles. The van der Waals surface area contributed by atoms with E-state index in [2.05, 4.69) is 5.32 Å². The molecule has 0 fully saturated rings. The van der Waals surface area contributed by atoms with Crippen LogP contribution in [0.1, 0.15) is 11.6 Å². The van der Waals surface area contributed by atoms with Crippen LogP contribution >= 0.6 is 0 Å². The number of ether oxygens (including phenoxy) is 2. The lowest BCUT2D eigenvalue weighted by molar-refractivity contribution is 0.0289. The zero-order valence-corrected chi connectivity index (χ0v) is 10.6. The molecule has 2 atom stereocenters. The lowest BCUT2D eigenvalue weighted by atomic mass is 10.1. The van der Waals surface area contributed by atoms with Crippen molar-refractivity contribution in [3.8, 4) is 0 Å². The van der Waals surface area contributed by atoms with Gasteiger partial charge >= 0.3 is 0 Å². The Labute approximate surface area is 103 Å². The largest absolute Gasteiger partial charge is 0.382 e. The highest BCUT2D eigenvalue weighted by Gasteiger charge is 2.08. The van der Waals surface area contributed by atoms with Crippen LogP contribution in [0.15, 0.2) is 30.3 Å². The van der Waals surface area contributed by atoms with E-state index in [1.54, 1.807) is 14.2 Å². The maximum absolute atomic E-state index is 6.06. The van der Waals surface area contributed by atoms with E-state index in [0.717, 1.165) is 18.7 Å². The molecule has 0 saturated heterocycles. The van der Waals surface area contributed by atoms with Crippen LogP contribution in [0.4, 0.5) is 0 Å². The Bertz CT molecular complexity index is 293. The average Bonchev–Trinajstić information content (AvgIpc) is 2.38. The molecule has 1 aromatic carbocycles. The number of nitrogens with two attached hydrogens (primary N) is 1. The highest BCUT2D eigenvalue weighted by atomic mass is 16.5. The normalized spacial score (nSPS) is 14.5. The molecular weight excluding hydrogens is 216 g/mol. The lowest BCUT2D eigenvalue weighted by Gasteiger charge is -2.17. The van der Waals surface area contributed by atoms with Crippen molar-refractivity contribution >= 4 is 0 Å². The van der Waals surface area contributed by atoms with E-state index in [-0.39, 0.29) is 12.1 Å². The first-order valence-corrected chi connectivity index (χ1v) is 5.81. The Morgan fingerprint density at radius 3 is 2.47 bits per heavy atom. The van der Waals surface area contributed by atoms with Crippen molar-refractivity contribution < 1.29 is 9.47 Å².